The molecule has 0 amide bonds. The van der Waals surface area contributed by atoms with Crippen molar-refractivity contribution in [3.8, 4) is 16.9 Å². The Morgan fingerprint density at radius 1 is 0.826 bits per heavy atom. The van der Waals surface area contributed by atoms with E-state index in [4.69, 9.17) is 5.14 Å². The molecule has 0 bridgehead atoms. The first-order valence-corrected chi connectivity index (χ1v) is 8.79. The van der Waals surface area contributed by atoms with Crippen LogP contribution in [0.4, 0.5) is 0 Å². The molecule has 0 fully saturated rings. The van der Waals surface area contributed by atoms with Crippen LogP contribution >= 0.6 is 0 Å². The summed E-state index contributed by atoms with van der Waals surface area (Å²) in [5.41, 5.74) is 5.33. The highest BCUT2D eigenvalue weighted by Gasteiger charge is 2.11. The van der Waals surface area contributed by atoms with E-state index in [-0.39, 0.29) is 4.90 Å². The number of sulfonamides is 1. The largest absolute Gasteiger partial charge is 0.314 e. The molecule has 0 spiro atoms. The maximum absolute atomic E-state index is 11.4. The van der Waals surface area contributed by atoms with Crippen LogP contribution in [0.1, 0.15) is 11.3 Å². The highest BCUT2D eigenvalue weighted by Crippen LogP contribution is 2.27. The lowest BCUT2D eigenvalue weighted by Crippen LogP contribution is -2.11. The van der Waals surface area contributed by atoms with Crippen molar-refractivity contribution in [3.05, 3.63) is 71.9 Å². The fraction of sp³-hybridized carbons (Fsp3) is 0.111. The van der Waals surface area contributed by atoms with Gasteiger partial charge in [0.1, 0.15) is 0 Å². The van der Waals surface area contributed by atoms with E-state index in [1.807, 2.05) is 19.1 Å². The summed E-state index contributed by atoms with van der Waals surface area (Å²) in [4.78, 5) is 0.117. The van der Waals surface area contributed by atoms with Crippen LogP contribution in [0.3, 0.4) is 0 Å². The summed E-state index contributed by atoms with van der Waals surface area (Å²) in [6.07, 6.45) is 0. The van der Waals surface area contributed by atoms with Crippen molar-refractivity contribution < 1.29 is 8.42 Å². The normalized spacial score (nSPS) is 11.6. The minimum atomic E-state index is -3.67. The van der Waals surface area contributed by atoms with E-state index in [0.717, 1.165) is 22.6 Å². The van der Waals surface area contributed by atoms with Gasteiger partial charge in [0.05, 0.1) is 10.6 Å². The van der Waals surface area contributed by atoms with Crippen molar-refractivity contribution in [2.45, 2.75) is 18.7 Å². The second-order valence-corrected chi connectivity index (χ2v) is 7.16. The fourth-order valence-corrected chi connectivity index (χ4v) is 3.13. The lowest BCUT2D eigenvalue weighted by Gasteiger charge is -2.13. The van der Waals surface area contributed by atoms with Gasteiger partial charge in [0, 0.05) is 11.4 Å². The van der Waals surface area contributed by atoms with Gasteiger partial charge >= 0.3 is 0 Å². The van der Waals surface area contributed by atoms with E-state index >= 15 is 0 Å². The van der Waals surface area contributed by atoms with Crippen molar-refractivity contribution in [1.29, 1.82) is 0 Å². The molecule has 0 saturated carbocycles. The van der Waals surface area contributed by atoms with E-state index < -0.39 is 10.0 Å². The first kappa shape index (κ1) is 15.5. The molecule has 1 aromatic heterocycles. The lowest BCUT2D eigenvalue weighted by atomic mass is 10.1. The average Bonchev–Trinajstić information content (AvgIpc) is 2.89. The Kier molecular flexibility index (Phi) is 3.83. The first-order chi connectivity index (χ1) is 10.9. The zero-order valence-corrected chi connectivity index (χ0v) is 13.8. The molecule has 0 unspecified atom stereocenters. The standard InChI is InChI=1S/C18H18N2O2S/c1-13-3-8-16(9-4-13)20-14(2)5-12-18(20)15-6-10-17(11-7-15)23(19,21)22/h3-12H,1-2H3,(H2,19,21,22). The quantitative estimate of drug-likeness (QED) is 0.801. The van der Waals surface area contributed by atoms with Gasteiger partial charge in [-0.2, -0.15) is 0 Å². The number of aromatic nitrogens is 1. The number of benzene rings is 2. The number of hydrogen-bond acceptors (Lipinski definition) is 2. The van der Waals surface area contributed by atoms with Crippen molar-refractivity contribution >= 4 is 10.0 Å². The Morgan fingerprint density at radius 2 is 1.43 bits per heavy atom. The van der Waals surface area contributed by atoms with Crippen LogP contribution in [0.15, 0.2) is 65.6 Å². The van der Waals surface area contributed by atoms with E-state index in [1.165, 1.54) is 17.7 Å². The van der Waals surface area contributed by atoms with E-state index in [0.29, 0.717) is 0 Å². The summed E-state index contributed by atoms with van der Waals surface area (Å²) in [7, 11) is -3.67. The van der Waals surface area contributed by atoms with Crippen molar-refractivity contribution in [3.63, 3.8) is 0 Å². The van der Waals surface area contributed by atoms with Crippen LogP contribution in [-0.4, -0.2) is 13.0 Å². The minimum absolute atomic E-state index is 0.117. The molecule has 0 atom stereocenters. The maximum Gasteiger partial charge on any atom is 0.238 e. The number of nitrogens with zero attached hydrogens (tertiary/aromatic N) is 1. The number of rotatable bonds is 3. The third-order valence-electron chi connectivity index (χ3n) is 3.85. The van der Waals surface area contributed by atoms with Gasteiger partial charge in [-0.3, -0.25) is 0 Å². The summed E-state index contributed by atoms with van der Waals surface area (Å²) in [6, 6.07) is 19.0. The van der Waals surface area contributed by atoms with Gasteiger partial charge in [0.15, 0.2) is 0 Å². The lowest BCUT2D eigenvalue weighted by molar-refractivity contribution is 0.598. The molecule has 3 rings (SSSR count). The minimum Gasteiger partial charge on any atom is -0.314 e. The van der Waals surface area contributed by atoms with Gasteiger partial charge in [-0.15, -0.1) is 0 Å². The smallest absolute Gasteiger partial charge is 0.238 e. The third kappa shape index (κ3) is 3.06. The Balaban J connectivity index is 2.10. The highest BCUT2D eigenvalue weighted by atomic mass is 32.2. The van der Waals surface area contributed by atoms with Crippen molar-refractivity contribution in [2.75, 3.05) is 0 Å². The summed E-state index contributed by atoms with van der Waals surface area (Å²) < 4.78 is 24.9. The van der Waals surface area contributed by atoms with Crippen LogP contribution in [0.2, 0.25) is 0 Å². The molecule has 0 radical (unpaired) electrons. The Bertz CT molecular complexity index is 938. The molecule has 1 heterocycles. The number of hydrogen-bond donors (Lipinski definition) is 1. The molecular formula is C18H18N2O2S. The molecular weight excluding hydrogens is 308 g/mol. The van der Waals surface area contributed by atoms with E-state index in [1.54, 1.807) is 12.1 Å². The average molecular weight is 326 g/mol. The number of aryl methyl sites for hydroxylation is 2. The van der Waals surface area contributed by atoms with Crippen molar-refractivity contribution in [2.24, 2.45) is 5.14 Å². The SMILES string of the molecule is Cc1ccc(-n2c(C)ccc2-c2ccc(S(N)(=O)=O)cc2)cc1. The zero-order valence-electron chi connectivity index (χ0n) is 13.0. The highest BCUT2D eigenvalue weighted by molar-refractivity contribution is 7.89. The summed E-state index contributed by atoms with van der Waals surface area (Å²) in [6.45, 7) is 4.10. The summed E-state index contributed by atoms with van der Waals surface area (Å²) in [5.74, 6) is 0. The van der Waals surface area contributed by atoms with E-state index in [9.17, 15) is 8.42 Å². The predicted molar refractivity (Wildman–Crippen MR) is 92.1 cm³/mol. The summed E-state index contributed by atoms with van der Waals surface area (Å²) in [5, 5.41) is 5.15. The van der Waals surface area contributed by atoms with Gasteiger partial charge < -0.3 is 4.57 Å². The molecule has 0 aliphatic rings. The molecule has 0 aliphatic carbocycles. The maximum atomic E-state index is 11.4. The molecule has 0 aliphatic heterocycles. The molecule has 2 aromatic carbocycles. The fourth-order valence-electron chi connectivity index (χ4n) is 2.62. The van der Waals surface area contributed by atoms with Gasteiger partial charge in [-0.05, 0) is 55.8 Å². The van der Waals surface area contributed by atoms with Gasteiger partial charge in [-0.1, -0.05) is 29.8 Å². The predicted octanol–water partition coefficient (Wildman–Crippen LogP) is 3.41. The monoisotopic (exact) mass is 326 g/mol. The third-order valence-corrected chi connectivity index (χ3v) is 4.78. The molecule has 0 saturated heterocycles. The molecule has 118 valence electrons. The summed E-state index contributed by atoms with van der Waals surface area (Å²) >= 11 is 0. The van der Waals surface area contributed by atoms with Crippen LogP contribution in [0.5, 0.6) is 0 Å². The molecule has 5 heteroatoms. The topological polar surface area (TPSA) is 65.1 Å². The second kappa shape index (κ2) is 5.68. The molecule has 3 aromatic rings. The second-order valence-electron chi connectivity index (χ2n) is 5.60. The van der Waals surface area contributed by atoms with Gasteiger partial charge in [0.2, 0.25) is 10.0 Å². The van der Waals surface area contributed by atoms with Crippen LogP contribution in [0.25, 0.3) is 16.9 Å². The van der Waals surface area contributed by atoms with Gasteiger partial charge in [-0.25, -0.2) is 13.6 Å². The number of nitrogens with two attached hydrogens (primary N) is 1. The Labute approximate surface area is 136 Å². The number of primary sulfonamides is 1. The zero-order chi connectivity index (χ0) is 16.6. The Morgan fingerprint density at radius 3 is 2.00 bits per heavy atom. The Hall–Kier alpha value is -2.37. The van der Waals surface area contributed by atoms with Gasteiger partial charge in [0.25, 0.3) is 0 Å². The van der Waals surface area contributed by atoms with Crippen LogP contribution in [-0.2, 0) is 10.0 Å². The van der Waals surface area contributed by atoms with E-state index in [2.05, 4.69) is 35.8 Å². The molecule has 2 N–H and O–H groups in total. The molecule has 23 heavy (non-hydrogen) atoms. The first-order valence-electron chi connectivity index (χ1n) is 7.25. The van der Waals surface area contributed by atoms with Crippen LogP contribution in [0, 0.1) is 13.8 Å². The van der Waals surface area contributed by atoms with Crippen molar-refractivity contribution in [1.82, 2.24) is 4.57 Å². The molecule has 4 nitrogen and oxygen atoms in total. The van der Waals surface area contributed by atoms with Crippen LogP contribution < -0.4 is 5.14 Å².